The van der Waals surface area contributed by atoms with Gasteiger partial charge in [-0.1, -0.05) is 23.4 Å². The third kappa shape index (κ3) is 4.51. The lowest BCUT2D eigenvalue weighted by molar-refractivity contribution is -0.129. The fourth-order valence-corrected chi connectivity index (χ4v) is 3.02. The Labute approximate surface area is 140 Å². The molecule has 0 saturated heterocycles. The zero-order chi connectivity index (χ0) is 17.2. The second kappa shape index (κ2) is 6.97. The maximum atomic E-state index is 12.5. The Kier molecular flexibility index (Phi) is 5.41. The molecule has 23 heavy (non-hydrogen) atoms. The summed E-state index contributed by atoms with van der Waals surface area (Å²) in [5.74, 6) is -0.202. The molecular formula is C15H14ClF3N2OS. The zero-order valence-corrected chi connectivity index (χ0v) is 14.0. The van der Waals surface area contributed by atoms with Crippen LogP contribution in [0.4, 0.5) is 13.2 Å². The predicted octanol–water partition coefficient (Wildman–Crippen LogP) is 4.55. The summed E-state index contributed by atoms with van der Waals surface area (Å²) in [7, 11) is 0. The van der Waals surface area contributed by atoms with Crippen LogP contribution in [0.5, 0.6) is 0 Å². The minimum Gasteiger partial charge on any atom is -0.269 e. The Morgan fingerprint density at radius 1 is 1.22 bits per heavy atom. The van der Waals surface area contributed by atoms with E-state index in [4.69, 9.17) is 11.6 Å². The lowest BCUT2D eigenvalue weighted by atomic mass is 10.2. The monoisotopic (exact) mass is 362 g/mol. The van der Waals surface area contributed by atoms with E-state index < -0.39 is 12.6 Å². The van der Waals surface area contributed by atoms with Gasteiger partial charge >= 0.3 is 6.18 Å². The third-order valence-electron chi connectivity index (χ3n) is 3.22. The van der Waals surface area contributed by atoms with E-state index in [1.54, 1.807) is 38.1 Å². The first-order valence-corrected chi connectivity index (χ1v) is 8.11. The van der Waals surface area contributed by atoms with Crippen LogP contribution in [0.25, 0.3) is 5.69 Å². The first kappa shape index (κ1) is 17.9. The van der Waals surface area contributed by atoms with Gasteiger partial charge in [-0.3, -0.25) is 9.36 Å². The molecule has 0 amide bonds. The highest BCUT2D eigenvalue weighted by Crippen LogP contribution is 2.26. The summed E-state index contributed by atoms with van der Waals surface area (Å²) in [6.07, 6.45) is -5.18. The van der Waals surface area contributed by atoms with E-state index in [0.717, 1.165) is 11.8 Å². The van der Waals surface area contributed by atoms with Crippen LogP contribution in [-0.2, 0) is 0 Å². The van der Waals surface area contributed by atoms with Crippen molar-refractivity contribution < 1.29 is 13.2 Å². The maximum Gasteiger partial charge on any atom is 0.389 e. The number of benzene rings is 1. The number of hydrogen-bond donors (Lipinski definition) is 0. The molecule has 0 aliphatic heterocycles. The van der Waals surface area contributed by atoms with Crippen LogP contribution in [0.3, 0.4) is 0 Å². The second-order valence-corrected chi connectivity index (χ2v) is 6.43. The summed E-state index contributed by atoms with van der Waals surface area (Å²) < 4.78 is 38.3. The van der Waals surface area contributed by atoms with E-state index in [1.807, 2.05) is 0 Å². The number of rotatable bonds is 4. The first-order valence-electron chi connectivity index (χ1n) is 6.75. The van der Waals surface area contributed by atoms with Gasteiger partial charge in [0.05, 0.1) is 12.1 Å². The minimum absolute atomic E-state index is 0.202. The topological polar surface area (TPSA) is 34.9 Å². The van der Waals surface area contributed by atoms with Gasteiger partial charge in [0, 0.05) is 22.0 Å². The van der Waals surface area contributed by atoms with Gasteiger partial charge in [0.1, 0.15) is 0 Å². The standard InChI is InChI=1S/C15H14ClF3N2OS/c1-9-10(2)20-14(23-8-7-15(17,18)19)21(13(9)22)12-5-3-11(16)4-6-12/h3-6H,7-8H2,1-2H3. The molecular weight excluding hydrogens is 349 g/mol. The fraction of sp³-hybridized carbons (Fsp3) is 0.333. The van der Waals surface area contributed by atoms with Gasteiger partial charge in [0.2, 0.25) is 0 Å². The molecule has 0 radical (unpaired) electrons. The molecule has 124 valence electrons. The lowest BCUT2D eigenvalue weighted by Gasteiger charge is -2.14. The molecule has 0 atom stereocenters. The average Bonchev–Trinajstić information content (AvgIpc) is 2.45. The maximum absolute atomic E-state index is 12.5. The molecule has 0 aliphatic carbocycles. The summed E-state index contributed by atoms with van der Waals surface area (Å²) >= 11 is 6.74. The quantitative estimate of drug-likeness (QED) is 0.591. The first-order chi connectivity index (χ1) is 10.7. The smallest absolute Gasteiger partial charge is 0.269 e. The SMILES string of the molecule is Cc1nc(SCCC(F)(F)F)n(-c2ccc(Cl)cc2)c(=O)c1C. The summed E-state index contributed by atoms with van der Waals surface area (Å²) in [5, 5.41) is 0.745. The molecule has 0 unspecified atom stereocenters. The second-order valence-electron chi connectivity index (χ2n) is 4.94. The summed E-state index contributed by atoms with van der Waals surface area (Å²) in [5.41, 5.74) is 1.19. The summed E-state index contributed by atoms with van der Waals surface area (Å²) in [4.78, 5) is 16.8. The van der Waals surface area contributed by atoms with Crippen LogP contribution in [0.15, 0.2) is 34.2 Å². The molecule has 2 rings (SSSR count). The molecule has 8 heteroatoms. The Balaban J connectivity index is 2.44. The highest BCUT2D eigenvalue weighted by Gasteiger charge is 2.27. The van der Waals surface area contributed by atoms with Crippen molar-refractivity contribution in [2.75, 3.05) is 5.75 Å². The summed E-state index contributed by atoms with van der Waals surface area (Å²) in [6, 6.07) is 6.49. The molecule has 0 saturated carbocycles. The Hall–Kier alpha value is -1.47. The lowest BCUT2D eigenvalue weighted by Crippen LogP contribution is -2.25. The number of aromatic nitrogens is 2. The van der Waals surface area contributed by atoms with Crippen LogP contribution in [-0.4, -0.2) is 21.5 Å². The predicted molar refractivity (Wildman–Crippen MR) is 85.7 cm³/mol. The van der Waals surface area contributed by atoms with Crippen molar-refractivity contribution in [3.63, 3.8) is 0 Å². The molecule has 1 aromatic carbocycles. The van der Waals surface area contributed by atoms with Crippen molar-refractivity contribution in [1.29, 1.82) is 0 Å². The number of nitrogens with zero attached hydrogens (tertiary/aromatic N) is 2. The Morgan fingerprint density at radius 2 is 1.83 bits per heavy atom. The molecule has 0 spiro atoms. The van der Waals surface area contributed by atoms with E-state index in [0.29, 0.717) is 22.0 Å². The molecule has 1 heterocycles. The fourth-order valence-electron chi connectivity index (χ4n) is 1.86. The van der Waals surface area contributed by atoms with E-state index >= 15 is 0 Å². The highest BCUT2D eigenvalue weighted by atomic mass is 35.5. The van der Waals surface area contributed by atoms with Gasteiger partial charge in [-0.05, 0) is 38.1 Å². The highest BCUT2D eigenvalue weighted by molar-refractivity contribution is 7.99. The van der Waals surface area contributed by atoms with Crippen LogP contribution in [0, 0.1) is 13.8 Å². The Bertz CT molecular complexity index is 757. The van der Waals surface area contributed by atoms with Crippen LogP contribution in [0.2, 0.25) is 5.02 Å². The number of thioether (sulfide) groups is 1. The van der Waals surface area contributed by atoms with E-state index in [2.05, 4.69) is 4.98 Å². The zero-order valence-electron chi connectivity index (χ0n) is 12.4. The van der Waals surface area contributed by atoms with Gasteiger partial charge in [-0.2, -0.15) is 13.2 Å². The van der Waals surface area contributed by atoms with Gasteiger partial charge in [-0.25, -0.2) is 4.98 Å². The van der Waals surface area contributed by atoms with Crippen molar-refractivity contribution in [2.45, 2.75) is 31.6 Å². The third-order valence-corrected chi connectivity index (χ3v) is 4.42. The Morgan fingerprint density at radius 3 is 2.39 bits per heavy atom. The van der Waals surface area contributed by atoms with E-state index in [1.165, 1.54) is 4.57 Å². The number of hydrogen-bond acceptors (Lipinski definition) is 3. The van der Waals surface area contributed by atoms with Crippen molar-refractivity contribution >= 4 is 23.4 Å². The van der Waals surface area contributed by atoms with E-state index in [9.17, 15) is 18.0 Å². The normalized spacial score (nSPS) is 11.7. The molecule has 0 aliphatic rings. The van der Waals surface area contributed by atoms with Crippen LogP contribution >= 0.6 is 23.4 Å². The molecule has 0 fully saturated rings. The van der Waals surface area contributed by atoms with E-state index in [-0.39, 0.29) is 16.5 Å². The van der Waals surface area contributed by atoms with Crippen molar-refractivity contribution in [3.05, 3.63) is 50.9 Å². The van der Waals surface area contributed by atoms with Crippen molar-refractivity contribution in [3.8, 4) is 5.69 Å². The number of halogens is 4. The molecule has 3 nitrogen and oxygen atoms in total. The van der Waals surface area contributed by atoms with Gasteiger partial charge in [0.25, 0.3) is 5.56 Å². The van der Waals surface area contributed by atoms with Crippen molar-refractivity contribution in [1.82, 2.24) is 9.55 Å². The number of aryl methyl sites for hydroxylation is 1. The van der Waals surface area contributed by atoms with Crippen molar-refractivity contribution in [2.24, 2.45) is 0 Å². The van der Waals surface area contributed by atoms with Gasteiger partial charge in [-0.15, -0.1) is 0 Å². The molecule has 1 aromatic heterocycles. The number of alkyl halides is 3. The van der Waals surface area contributed by atoms with Crippen LogP contribution < -0.4 is 5.56 Å². The van der Waals surface area contributed by atoms with Gasteiger partial charge < -0.3 is 0 Å². The van der Waals surface area contributed by atoms with Crippen LogP contribution in [0.1, 0.15) is 17.7 Å². The average molecular weight is 363 g/mol. The summed E-state index contributed by atoms with van der Waals surface area (Å²) in [6.45, 7) is 3.30. The largest absolute Gasteiger partial charge is 0.389 e. The molecule has 0 bridgehead atoms. The molecule has 2 aromatic rings. The molecule has 0 N–H and O–H groups in total. The van der Waals surface area contributed by atoms with Gasteiger partial charge in [0.15, 0.2) is 5.16 Å². The minimum atomic E-state index is -4.24.